The summed E-state index contributed by atoms with van der Waals surface area (Å²) < 4.78 is 1.35. The van der Waals surface area contributed by atoms with Gasteiger partial charge < -0.3 is 9.88 Å². The molecule has 0 fully saturated rings. The second kappa shape index (κ2) is 6.02. The summed E-state index contributed by atoms with van der Waals surface area (Å²) in [5.74, 6) is 0. The minimum absolute atomic E-state index is 0.377. The van der Waals surface area contributed by atoms with Crippen LogP contribution in [0.15, 0.2) is 23.1 Å². The fourth-order valence-electron chi connectivity index (χ4n) is 1.34. The Labute approximate surface area is 93.1 Å². The molecule has 0 aromatic carbocycles. The van der Waals surface area contributed by atoms with Crippen LogP contribution >= 0.6 is 0 Å². The van der Waals surface area contributed by atoms with Gasteiger partial charge in [-0.1, -0.05) is 6.92 Å². The quantitative estimate of drug-likeness (QED) is 0.440. The monoisotopic (exact) mass is 225 g/mol. The van der Waals surface area contributed by atoms with Gasteiger partial charge in [-0.05, 0) is 19.0 Å². The summed E-state index contributed by atoms with van der Waals surface area (Å²) in [7, 11) is 0. The van der Waals surface area contributed by atoms with E-state index in [0.29, 0.717) is 13.1 Å². The van der Waals surface area contributed by atoms with Gasteiger partial charge in [-0.15, -0.1) is 0 Å². The maximum Gasteiger partial charge on any atom is 0.334 e. The largest absolute Gasteiger partial charge is 0.334 e. The minimum Gasteiger partial charge on any atom is -0.315 e. The standard InChI is InChI=1S/C10H15N3O3/c1-2-5-11-6-8-12-7-3-4-9(10(12)14)13(15)16/h3-4,7,11H,2,5-6,8H2,1H3. The first kappa shape index (κ1) is 12.4. The number of rotatable bonds is 6. The molecule has 6 heteroatoms. The minimum atomic E-state index is -0.654. The highest BCUT2D eigenvalue weighted by molar-refractivity contribution is 5.24. The van der Waals surface area contributed by atoms with Crippen molar-refractivity contribution in [2.45, 2.75) is 19.9 Å². The summed E-state index contributed by atoms with van der Waals surface area (Å²) in [6.45, 7) is 4.01. The Kier molecular flexibility index (Phi) is 4.65. The number of hydrogen-bond donors (Lipinski definition) is 1. The summed E-state index contributed by atoms with van der Waals surface area (Å²) in [5.41, 5.74) is -0.927. The van der Waals surface area contributed by atoms with Gasteiger partial charge in [0.15, 0.2) is 0 Å². The molecule has 1 rings (SSSR count). The van der Waals surface area contributed by atoms with Crippen LogP contribution in [0, 0.1) is 10.1 Å². The van der Waals surface area contributed by atoms with E-state index in [-0.39, 0.29) is 5.69 Å². The van der Waals surface area contributed by atoms with Crippen LogP contribution in [0.4, 0.5) is 5.69 Å². The van der Waals surface area contributed by atoms with E-state index in [2.05, 4.69) is 5.32 Å². The number of nitrogens with zero attached hydrogens (tertiary/aromatic N) is 2. The fourth-order valence-corrected chi connectivity index (χ4v) is 1.34. The molecule has 0 spiro atoms. The molecule has 16 heavy (non-hydrogen) atoms. The lowest BCUT2D eigenvalue weighted by Crippen LogP contribution is -2.28. The molecule has 0 amide bonds. The molecule has 0 radical (unpaired) electrons. The average molecular weight is 225 g/mol. The van der Waals surface area contributed by atoms with Crippen molar-refractivity contribution in [3.05, 3.63) is 38.8 Å². The third-order valence-electron chi connectivity index (χ3n) is 2.15. The van der Waals surface area contributed by atoms with Gasteiger partial charge in [0.25, 0.3) is 0 Å². The van der Waals surface area contributed by atoms with Gasteiger partial charge in [0.1, 0.15) is 0 Å². The molecule has 0 aliphatic carbocycles. The highest BCUT2D eigenvalue weighted by Gasteiger charge is 2.12. The summed E-state index contributed by atoms with van der Waals surface area (Å²) in [6, 6.07) is 2.73. The predicted octanol–water partition coefficient (Wildman–Crippen LogP) is 0.756. The number of pyridine rings is 1. The summed E-state index contributed by atoms with van der Waals surface area (Å²) in [5, 5.41) is 13.7. The van der Waals surface area contributed by atoms with Crippen LogP contribution in [0.3, 0.4) is 0 Å². The predicted molar refractivity (Wildman–Crippen MR) is 60.5 cm³/mol. The molecule has 88 valence electrons. The van der Waals surface area contributed by atoms with E-state index in [1.165, 1.54) is 16.7 Å². The zero-order chi connectivity index (χ0) is 12.0. The van der Waals surface area contributed by atoms with Crippen molar-refractivity contribution in [1.29, 1.82) is 0 Å². The molecule has 0 saturated carbocycles. The van der Waals surface area contributed by atoms with Crippen LogP contribution in [0.1, 0.15) is 13.3 Å². The molecular formula is C10H15N3O3. The molecule has 0 saturated heterocycles. The van der Waals surface area contributed by atoms with Crippen molar-refractivity contribution in [1.82, 2.24) is 9.88 Å². The zero-order valence-electron chi connectivity index (χ0n) is 9.18. The lowest BCUT2D eigenvalue weighted by atomic mass is 10.4. The maximum atomic E-state index is 11.6. The Hall–Kier alpha value is -1.69. The Balaban J connectivity index is 2.70. The van der Waals surface area contributed by atoms with E-state index < -0.39 is 10.5 Å². The van der Waals surface area contributed by atoms with Crippen LogP contribution in [0.2, 0.25) is 0 Å². The first-order valence-corrected chi connectivity index (χ1v) is 5.21. The Bertz CT molecular complexity index is 414. The van der Waals surface area contributed by atoms with Gasteiger partial charge >= 0.3 is 11.2 Å². The molecule has 1 aromatic rings. The van der Waals surface area contributed by atoms with Crippen molar-refractivity contribution in [2.75, 3.05) is 13.1 Å². The van der Waals surface area contributed by atoms with E-state index in [1.54, 1.807) is 6.20 Å². The number of nitro groups is 1. The number of aromatic nitrogens is 1. The van der Waals surface area contributed by atoms with Crippen LogP contribution in [-0.4, -0.2) is 22.6 Å². The number of nitrogens with one attached hydrogen (secondary N) is 1. The Morgan fingerprint density at radius 1 is 1.50 bits per heavy atom. The lowest BCUT2D eigenvalue weighted by Gasteiger charge is -2.05. The topological polar surface area (TPSA) is 77.2 Å². The third-order valence-corrected chi connectivity index (χ3v) is 2.15. The molecule has 0 bridgehead atoms. The molecule has 0 atom stereocenters. The summed E-state index contributed by atoms with van der Waals surface area (Å²) in [4.78, 5) is 21.4. The third kappa shape index (κ3) is 3.16. The summed E-state index contributed by atoms with van der Waals surface area (Å²) in [6.07, 6.45) is 2.58. The van der Waals surface area contributed by atoms with Crippen molar-refractivity contribution in [3.63, 3.8) is 0 Å². The molecule has 1 heterocycles. The van der Waals surface area contributed by atoms with Crippen molar-refractivity contribution in [3.8, 4) is 0 Å². The second-order valence-electron chi connectivity index (χ2n) is 3.40. The van der Waals surface area contributed by atoms with Gasteiger partial charge in [-0.25, -0.2) is 0 Å². The zero-order valence-corrected chi connectivity index (χ0v) is 9.18. The van der Waals surface area contributed by atoms with Gasteiger partial charge in [0.2, 0.25) is 0 Å². The fraction of sp³-hybridized carbons (Fsp3) is 0.500. The first-order chi connectivity index (χ1) is 7.66. The van der Waals surface area contributed by atoms with Crippen LogP contribution < -0.4 is 10.9 Å². The lowest BCUT2D eigenvalue weighted by molar-refractivity contribution is -0.386. The van der Waals surface area contributed by atoms with Crippen molar-refractivity contribution < 1.29 is 4.92 Å². The van der Waals surface area contributed by atoms with Crippen molar-refractivity contribution >= 4 is 5.69 Å². The highest BCUT2D eigenvalue weighted by Crippen LogP contribution is 2.01. The molecule has 0 unspecified atom stereocenters. The molecule has 1 aromatic heterocycles. The number of hydrogen-bond acceptors (Lipinski definition) is 4. The van der Waals surface area contributed by atoms with E-state index in [0.717, 1.165) is 13.0 Å². The van der Waals surface area contributed by atoms with Gasteiger partial charge in [-0.2, -0.15) is 0 Å². The van der Waals surface area contributed by atoms with Gasteiger partial charge in [0.05, 0.1) is 4.92 Å². The van der Waals surface area contributed by atoms with Crippen LogP contribution in [-0.2, 0) is 6.54 Å². The van der Waals surface area contributed by atoms with Crippen LogP contribution in [0.5, 0.6) is 0 Å². The first-order valence-electron chi connectivity index (χ1n) is 5.21. The van der Waals surface area contributed by atoms with E-state index in [1.807, 2.05) is 6.92 Å². The SMILES string of the molecule is CCCNCCn1cccc([N+](=O)[O-])c1=O. The Morgan fingerprint density at radius 3 is 2.88 bits per heavy atom. The second-order valence-corrected chi connectivity index (χ2v) is 3.40. The van der Waals surface area contributed by atoms with Crippen LogP contribution in [0.25, 0.3) is 0 Å². The molecule has 0 aliphatic heterocycles. The van der Waals surface area contributed by atoms with Gasteiger partial charge in [0, 0.05) is 25.4 Å². The van der Waals surface area contributed by atoms with Gasteiger partial charge in [-0.3, -0.25) is 14.9 Å². The molecular weight excluding hydrogens is 210 g/mol. The summed E-state index contributed by atoms with van der Waals surface area (Å²) >= 11 is 0. The molecule has 1 N–H and O–H groups in total. The maximum absolute atomic E-state index is 11.6. The smallest absolute Gasteiger partial charge is 0.315 e. The van der Waals surface area contributed by atoms with Crippen molar-refractivity contribution in [2.24, 2.45) is 0 Å². The normalized spacial score (nSPS) is 10.3. The van der Waals surface area contributed by atoms with E-state index in [9.17, 15) is 14.9 Å². The molecule has 6 nitrogen and oxygen atoms in total. The highest BCUT2D eigenvalue weighted by atomic mass is 16.6. The van der Waals surface area contributed by atoms with E-state index >= 15 is 0 Å². The van der Waals surface area contributed by atoms with E-state index in [4.69, 9.17) is 0 Å². The molecule has 0 aliphatic rings. The average Bonchev–Trinajstić information content (AvgIpc) is 2.26. The Morgan fingerprint density at radius 2 is 2.25 bits per heavy atom.